The van der Waals surface area contributed by atoms with Crippen LogP contribution in [0.3, 0.4) is 0 Å². The second-order valence-corrected chi connectivity index (χ2v) is 6.43. The van der Waals surface area contributed by atoms with Crippen molar-refractivity contribution in [3.63, 3.8) is 0 Å². The zero-order valence-electron chi connectivity index (χ0n) is 14.7. The minimum Gasteiger partial charge on any atom is -0.434 e. The molecule has 2 aromatic rings. The lowest BCUT2D eigenvalue weighted by Crippen LogP contribution is -2.48. The van der Waals surface area contributed by atoms with Crippen LogP contribution in [0.25, 0.3) is 0 Å². The first-order valence-corrected chi connectivity index (χ1v) is 8.64. The standard InChI is InChI=1S/C20H22F2N2O2/c1-15-6-8-16(9-7-15)14-23-10-12-24(13-11-23)19(25)17-4-2-3-5-18(17)26-20(21)22/h2-9,20H,10-14H2,1H3. The van der Waals surface area contributed by atoms with Crippen LogP contribution in [0.15, 0.2) is 48.5 Å². The molecule has 1 aliphatic heterocycles. The van der Waals surface area contributed by atoms with Gasteiger partial charge in [0.05, 0.1) is 5.56 Å². The highest BCUT2D eigenvalue weighted by Gasteiger charge is 2.25. The number of amides is 1. The first kappa shape index (κ1) is 18.3. The molecule has 3 rings (SSSR count). The summed E-state index contributed by atoms with van der Waals surface area (Å²) in [6.45, 7) is 2.57. The van der Waals surface area contributed by atoms with Crippen molar-refractivity contribution in [3.05, 3.63) is 65.2 Å². The fraction of sp³-hybridized carbons (Fsp3) is 0.350. The molecule has 0 aliphatic carbocycles. The SMILES string of the molecule is Cc1ccc(CN2CCN(C(=O)c3ccccc3OC(F)F)CC2)cc1. The van der Waals surface area contributed by atoms with Crippen LogP contribution in [0.5, 0.6) is 5.75 Å². The van der Waals surface area contributed by atoms with Gasteiger partial charge in [-0.3, -0.25) is 9.69 Å². The molecule has 0 unspecified atom stereocenters. The lowest BCUT2D eigenvalue weighted by molar-refractivity contribution is -0.0503. The zero-order valence-corrected chi connectivity index (χ0v) is 14.7. The van der Waals surface area contributed by atoms with E-state index in [9.17, 15) is 13.6 Å². The molecule has 1 aliphatic rings. The number of benzene rings is 2. The van der Waals surface area contributed by atoms with Crippen LogP contribution in [0.1, 0.15) is 21.5 Å². The van der Waals surface area contributed by atoms with Gasteiger partial charge in [-0.25, -0.2) is 0 Å². The Morgan fingerprint density at radius 3 is 2.35 bits per heavy atom. The first-order valence-electron chi connectivity index (χ1n) is 8.64. The average molecular weight is 360 g/mol. The van der Waals surface area contributed by atoms with E-state index < -0.39 is 6.61 Å². The molecular weight excluding hydrogens is 338 g/mol. The Morgan fingerprint density at radius 1 is 1.04 bits per heavy atom. The number of rotatable bonds is 5. The van der Waals surface area contributed by atoms with E-state index >= 15 is 0 Å². The molecule has 0 aromatic heterocycles. The fourth-order valence-electron chi connectivity index (χ4n) is 3.07. The number of nitrogens with zero attached hydrogens (tertiary/aromatic N) is 2. The summed E-state index contributed by atoms with van der Waals surface area (Å²) >= 11 is 0. The van der Waals surface area contributed by atoms with Crippen molar-refractivity contribution in [1.82, 2.24) is 9.80 Å². The van der Waals surface area contributed by atoms with E-state index in [0.717, 1.165) is 19.6 Å². The number of halogens is 2. The largest absolute Gasteiger partial charge is 0.434 e. The van der Waals surface area contributed by atoms with E-state index in [2.05, 4.69) is 40.8 Å². The molecule has 6 heteroatoms. The molecule has 0 atom stereocenters. The molecule has 138 valence electrons. The molecule has 1 saturated heterocycles. The molecular formula is C20H22F2N2O2. The van der Waals surface area contributed by atoms with E-state index in [-0.39, 0.29) is 17.2 Å². The summed E-state index contributed by atoms with van der Waals surface area (Å²) in [4.78, 5) is 16.7. The maximum atomic E-state index is 12.7. The number of carbonyl (C=O) groups excluding carboxylic acids is 1. The summed E-state index contributed by atoms with van der Waals surface area (Å²) in [5, 5.41) is 0. The molecule has 1 fully saturated rings. The van der Waals surface area contributed by atoms with Crippen molar-refractivity contribution >= 4 is 5.91 Å². The number of para-hydroxylation sites is 1. The lowest BCUT2D eigenvalue weighted by atomic mass is 10.1. The second-order valence-electron chi connectivity index (χ2n) is 6.43. The third-order valence-electron chi connectivity index (χ3n) is 4.52. The number of piperazine rings is 1. The van der Waals surface area contributed by atoms with Crippen LogP contribution in [0.4, 0.5) is 8.78 Å². The summed E-state index contributed by atoms with van der Waals surface area (Å²) in [6, 6.07) is 14.6. The number of hydrogen-bond donors (Lipinski definition) is 0. The van der Waals surface area contributed by atoms with Gasteiger partial charge in [-0.1, -0.05) is 42.0 Å². The number of aryl methyl sites for hydroxylation is 1. The minimum absolute atomic E-state index is 0.0745. The first-order chi connectivity index (χ1) is 12.5. The Balaban J connectivity index is 1.59. The normalized spacial score (nSPS) is 15.3. The number of ether oxygens (including phenoxy) is 1. The summed E-state index contributed by atoms with van der Waals surface area (Å²) in [5.74, 6) is -0.342. The predicted octanol–water partition coefficient (Wildman–Crippen LogP) is 3.55. The van der Waals surface area contributed by atoms with Gasteiger partial charge in [0, 0.05) is 32.7 Å². The molecule has 1 amide bonds. The highest BCUT2D eigenvalue weighted by atomic mass is 19.3. The molecule has 0 spiro atoms. The van der Waals surface area contributed by atoms with Crippen LogP contribution in [-0.4, -0.2) is 48.5 Å². The Bertz CT molecular complexity index is 742. The second kappa shape index (κ2) is 8.27. The smallest absolute Gasteiger partial charge is 0.387 e. The molecule has 4 nitrogen and oxygen atoms in total. The van der Waals surface area contributed by atoms with Gasteiger partial charge < -0.3 is 9.64 Å². The molecule has 2 aromatic carbocycles. The Morgan fingerprint density at radius 2 is 1.69 bits per heavy atom. The van der Waals surface area contributed by atoms with E-state index in [0.29, 0.717) is 13.1 Å². The highest BCUT2D eigenvalue weighted by molar-refractivity contribution is 5.97. The van der Waals surface area contributed by atoms with Crippen LogP contribution < -0.4 is 4.74 Å². The predicted molar refractivity (Wildman–Crippen MR) is 95.4 cm³/mol. The van der Waals surface area contributed by atoms with Crippen LogP contribution in [0, 0.1) is 6.92 Å². The van der Waals surface area contributed by atoms with E-state index in [4.69, 9.17) is 0 Å². The maximum Gasteiger partial charge on any atom is 0.387 e. The van der Waals surface area contributed by atoms with Crippen molar-refractivity contribution < 1.29 is 18.3 Å². The van der Waals surface area contributed by atoms with E-state index in [1.807, 2.05) is 0 Å². The third-order valence-corrected chi connectivity index (χ3v) is 4.52. The van der Waals surface area contributed by atoms with Gasteiger partial charge >= 0.3 is 6.61 Å². The molecule has 1 heterocycles. The van der Waals surface area contributed by atoms with Crippen molar-refractivity contribution in [1.29, 1.82) is 0 Å². The van der Waals surface area contributed by atoms with Gasteiger partial charge in [0.1, 0.15) is 5.75 Å². The van der Waals surface area contributed by atoms with Crippen LogP contribution >= 0.6 is 0 Å². The van der Waals surface area contributed by atoms with E-state index in [1.165, 1.54) is 23.3 Å². The monoisotopic (exact) mass is 360 g/mol. The molecule has 0 N–H and O–H groups in total. The quantitative estimate of drug-likeness (QED) is 0.817. The fourth-order valence-corrected chi connectivity index (χ4v) is 3.07. The number of alkyl halides is 2. The molecule has 26 heavy (non-hydrogen) atoms. The molecule has 0 bridgehead atoms. The Kier molecular flexibility index (Phi) is 5.83. The summed E-state index contributed by atoms with van der Waals surface area (Å²) in [6.07, 6.45) is 0. The van der Waals surface area contributed by atoms with Gasteiger partial charge in [0.15, 0.2) is 0 Å². The average Bonchev–Trinajstić information content (AvgIpc) is 2.64. The topological polar surface area (TPSA) is 32.8 Å². The molecule has 0 saturated carbocycles. The summed E-state index contributed by atoms with van der Waals surface area (Å²) < 4.78 is 29.5. The van der Waals surface area contributed by atoms with Gasteiger partial charge in [0.2, 0.25) is 0 Å². The minimum atomic E-state index is -2.95. The van der Waals surface area contributed by atoms with Crippen molar-refractivity contribution in [2.24, 2.45) is 0 Å². The lowest BCUT2D eigenvalue weighted by Gasteiger charge is -2.35. The van der Waals surface area contributed by atoms with Gasteiger partial charge in [-0.2, -0.15) is 8.78 Å². The van der Waals surface area contributed by atoms with Crippen LogP contribution in [0.2, 0.25) is 0 Å². The van der Waals surface area contributed by atoms with E-state index in [1.54, 1.807) is 17.0 Å². The maximum absolute atomic E-state index is 12.7. The van der Waals surface area contributed by atoms with Crippen molar-refractivity contribution in [2.45, 2.75) is 20.1 Å². The van der Waals surface area contributed by atoms with Gasteiger partial charge in [0.25, 0.3) is 5.91 Å². The zero-order chi connectivity index (χ0) is 18.5. The highest BCUT2D eigenvalue weighted by Crippen LogP contribution is 2.22. The van der Waals surface area contributed by atoms with Gasteiger partial charge in [-0.15, -0.1) is 0 Å². The number of hydrogen-bond acceptors (Lipinski definition) is 3. The number of carbonyl (C=O) groups is 1. The summed E-state index contributed by atoms with van der Waals surface area (Å²) in [7, 11) is 0. The van der Waals surface area contributed by atoms with Crippen molar-refractivity contribution in [2.75, 3.05) is 26.2 Å². The third kappa shape index (κ3) is 4.58. The van der Waals surface area contributed by atoms with Crippen molar-refractivity contribution in [3.8, 4) is 5.75 Å². The van der Waals surface area contributed by atoms with Gasteiger partial charge in [-0.05, 0) is 24.6 Å². The Hall–Kier alpha value is -2.47. The summed E-state index contributed by atoms with van der Waals surface area (Å²) in [5.41, 5.74) is 2.65. The van der Waals surface area contributed by atoms with Crippen LogP contribution in [-0.2, 0) is 6.54 Å². The molecule has 0 radical (unpaired) electrons. The Labute approximate surface area is 152 Å².